The zero-order valence-corrected chi connectivity index (χ0v) is 14.0. The maximum absolute atomic E-state index is 5.50. The molecule has 116 valence electrons. The first kappa shape index (κ1) is 17.5. The lowest BCUT2D eigenvalue weighted by Gasteiger charge is -2.24. The molecular weight excluding hydrogens is 260 g/mol. The second-order valence-corrected chi connectivity index (χ2v) is 5.88. The van der Waals surface area contributed by atoms with Gasteiger partial charge < -0.3 is 10.2 Å². The molecule has 0 saturated carbocycles. The van der Waals surface area contributed by atoms with Crippen molar-refractivity contribution in [2.24, 2.45) is 0 Å². The van der Waals surface area contributed by atoms with Gasteiger partial charge in [0.25, 0.3) is 0 Å². The lowest BCUT2D eigenvalue weighted by molar-refractivity contribution is 0.575. The van der Waals surface area contributed by atoms with Gasteiger partial charge in [-0.25, -0.2) is 9.97 Å². The van der Waals surface area contributed by atoms with Crippen molar-refractivity contribution in [3.63, 3.8) is 0 Å². The van der Waals surface area contributed by atoms with Crippen LogP contribution in [0.2, 0.25) is 0 Å². The van der Waals surface area contributed by atoms with E-state index in [9.17, 15) is 0 Å². The first-order valence-corrected chi connectivity index (χ1v) is 7.77. The quantitative estimate of drug-likeness (QED) is 0.747. The predicted octanol–water partition coefficient (Wildman–Crippen LogP) is 2.95. The first-order valence-electron chi connectivity index (χ1n) is 7.77. The van der Waals surface area contributed by atoms with Crippen LogP contribution in [0.25, 0.3) is 0 Å². The monoisotopic (exact) mass is 288 g/mol. The van der Waals surface area contributed by atoms with E-state index in [0.717, 1.165) is 36.7 Å². The Kier molecular flexibility index (Phi) is 7.18. The Morgan fingerprint density at radius 1 is 1.33 bits per heavy atom. The molecule has 4 heteroatoms. The molecule has 0 radical (unpaired) electrons. The molecule has 4 nitrogen and oxygen atoms in total. The summed E-state index contributed by atoms with van der Waals surface area (Å²) in [7, 11) is 0. The van der Waals surface area contributed by atoms with Gasteiger partial charge in [0.1, 0.15) is 5.82 Å². The molecule has 1 N–H and O–H groups in total. The van der Waals surface area contributed by atoms with Crippen LogP contribution in [0.3, 0.4) is 0 Å². The van der Waals surface area contributed by atoms with Gasteiger partial charge in [-0.2, -0.15) is 0 Å². The first-order chi connectivity index (χ1) is 9.99. The van der Waals surface area contributed by atoms with Crippen LogP contribution in [0.15, 0.2) is 6.20 Å². The fourth-order valence-electron chi connectivity index (χ4n) is 2.06. The minimum absolute atomic E-state index is 0.323. The topological polar surface area (TPSA) is 41.1 Å². The third-order valence-electron chi connectivity index (χ3n) is 3.17. The van der Waals surface area contributed by atoms with Crippen molar-refractivity contribution in [3.8, 4) is 12.3 Å². The molecule has 0 amide bonds. The summed E-state index contributed by atoms with van der Waals surface area (Å²) in [4.78, 5) is 11.4. The van der Waals surface area contributed by atoms with Crippen LogP contribution in [-0.4, -0.2) is 29.1 Å². The predicted molar refractivity (Wildman–Crippen MR) is 89.4 cm³/mol. The van der Waals surface area contributed by atoms with Crippen molar-refractivity contribution < 1.29 is 0 Å². The Bertz CT molecular complexity index is 474. The molecule has 0 bridgehead atoms. The van der Waals surface area contributed by atoms with Crippen LogP contribution >= 0.6 is 0 Å². The van der Waals surface area contributed by atoms with Crippen molar-refractivity contribution in [2.75, 3.05) is 18.0 Å². The van der Waals surface area contributed by atoms with E-state index < -0.39 is 0 Å². The molecular formula is C17H28N4. The van der Waals surface area contributed by atoms with E-state index in [1.54, 1.807) is 0 Å². The van der Waals surface area contributed by atoms with Crippen molar-refractivity contribution in [1.82, 2.24) is 15.3 Å². The van der Waals surface area contributed by atoms with E-state index in [1.165, 1.54) is 0 Å². The standard InChI is InChI=1S/C17H28N4/c1-7-9-21(10-8-2)16-12-19-17(13(3)4)20-15(16)11-18-14(5)6/h1,12-14,18H,8-11H2,2-6H3. The molecule has 0 atom stereocenters. The molecule has 1 heterocycles. The number of hydrogen-bond acceptors (Lipinski definition) is 4. The summed E-state index contributed by atoms with van der Waals surface area (Å²) < 4.78 is 0. The second-order valence-electron chi connectivity index (χ2n) is 5.88. The van der Waals surface area contributed by atoms with Crippen LogP contribution in [0.1, 0.15) is 58.5 Å². The van der Waals surface area contributed by atoms with E-state index in [-0.39, 0.29) is 0 Å². The zero-order valence-electron chi connectivity index (χ0n) is 14.0. The minimum atomic E-state index is 0.323. The van der Waals surface area contributed by atoms with Gasteiger partial charge in [0.05, 0.1) is 24.1 Å². The van der Waals surface area contributed by atoms with Gasteiger partial charge in [-0.3, -0.25) is 0 Å². The van der Waals surface area contributed by atoms with Gasteiger partial charge >= 0.3 is 0 Å². The number of nitrogens with one attached hydrogen (secondary N) is 1. The van der Waals surface area contributed by atoms with Crippen LogP contribution in [0, 0.1) is 12.3 Å². The highest BCUT2D eigenvalue weighted by Gasteiger charge is 2.14. The highest BCUT2D eigenvalue weighted by molar-refractivity contribution is 5.50. The lowest BCUT2D eigenvalue weighted by Crippen LogP contribution is -2.29. The highest BCUT2D eigenvalue weighted by Crippen LogP contribution is 2.21. The molecule has 0 fully saturated rings. The SMILES string of the molecule is C#CCN(CCC)c1cnc(C(C)C)nc1CNC(C)C. The van der Waals surface area contributed by atoms with Gasteiger partial charge in [-0.1, -0.05) is 40.5 Å². The fraction of sp³-hybridized carbons (Fsp3) is 0.647. The Balaban J connectivity index is 3.12. The molecule has 1 rings (SSSR count). The summed E-state index contributed by atoms with van der Waals surface area (Å²) in [5.41, 5.74) is 2.08. The van der Waals surface area contributed by atoms with Crippen LogP contribution in [0.4, 0.5) is 5.69 Å². The third kappa shape index (κ3) is 5.35. The third-order valence-corrected chi connectivity index (χ3v) is 3.17. The van der Waals surface area contributed by atoms with Crippen LogP contribution in [0.5, 0.6) is 0 Å². The van der Waals surface area contributed by atoms with Crippen LogP contribution < -0.4 is 10.2 Å². The number of hydrogen-bond donors (Lipinski definition) is 1. The number of nitrogens with zero attached hydrogens (tertiary/aromatic N) is 3. The van der Waals surface area contributed by atoms with Crippen LogP contribution in [-0.2, 0) is 6.54 Å². The van der Waals surface area contributed by atoms with E-state index >= 15 is 0 Å². The average molecular weight is 288 g/mol. The summed E-state index contributed by atoms with van der Waals surface area (Å²) in [5, 5.41) is 3.44. The molecule has 0 spiro atoms. The van der Waals surface area contributed by atoms with Gasteiger partial charge in [0, 0.05) is 25.0 Å². The minimum Gasteiger partial charge on any atom is -0.358 e. The normalized spacial score (nSPS) is 11.0. The molecule has 0 aliphatic heterocycles. The smallest absolute Gasteiger partial charge is 0.131 e. The van der Waals surface area contributed by atoms with E-state index in [4.69, 9.17) is 11.4 Å². The van der Waals surface area contributed by atoms with Gasteiger partial charge in [0.15, 0.2) is 0 Å². The largest absolute Gasteiger partial charge is 0.358 e. The van der Waals surface area contributed by atoms with Gasteiger partial charge in [0.2, 0.25) is 0 Å². The van der Waals surface area contributed by atoms with Gasteiger partial charge in [-0.05, 0) is 6.42 Å². The number of terminal acetylenes is 1. The van der Waals surface area contributed by atoms with Crippen molar-refractivity contribution in [3.05, 3.63) is 17.7 Å². The Labute approximate surface area is 129 Å². The van der Waals surface area contributed by atoms with Crippen molar-refractivity contribution in [2.45, 2.75) is 59.5 Å². The average Bonchev–Trinajstić information content (AvgIpc) is 2.44. The van der Waals surface area contributed by atoms with Crippen molar-refractivity contribution >= 4 is 5.69 Å². The van der Waals surface area contributed by atoms with E-state index in [0.29, 0.717) is 18.5 Å². The van der Waals surface area contributed by atoms with Crippen molar-refractivity contribution in [1.29, 1.82) is 0 Å². The molecule has 21 heavy (non-hydrogen) atoms. The molecule has 0 aliphatic carbocycles. The molecule has 1 aromatic heterocycles. The highest BCUT2D eigenvalue weighted by atomic mass is 15.1. The summed E-state index contributed by atoms with van der Waals surface area (Å²) in [6.07, 6.45) is 8.47. The number of rotatable bonds is 8. The Morgan fingerprint density at radius 2 is 2.05 bits per heavy atom. The lowest BCUT2D eigenvalue weighted by atomic mass is 10.2. The van der Waals surface area contributed by atoms with Gasteiger partial charge in [-0.15, -0.1) is 6.42 Å². The van der Waals surface area contributed by atoms with E-state index in [1.807, 2.05) is 6.20 Å². The summed E-state index contributed by atoms with van der Waals surface area (Å²) in [5.74, 6) is 3.94. The van der Waals surface area contributed by atoms with E-state index in [2.05, 4.69) is 55.7 Å². The number of anilines is 1. The summed E-state index contributed by atoms with van der Waals surface area (Å²) in [6, 6.07) is 0.419. The zero-order chi connectivity index (χ0) is 15.8. The molecule has 0 saturated heterocycles. The molecule has 0 aromatic carbocycles. The molecule has 0 aliphatic rings. The molecule has 1 aromatic rings. The summed E-state index contributed by atoms with van der Waals surface area (Å²) >= 11 is 0. The molecule has 0 unspecified atom stereocenters. The Hall–Kier alpha value is -1.60. The Morgan fingerprint density at radius 3 is 2.57 bits per heavy atom. The second kappa shape index (κ2) is 8.63. The number of aromatic nitrogens is 2. The fourth-order valence-corrected chi connectivity index (χ4v) is 2.06. The maximum Gasteiger partial charge on any atom is 0.131 e. The maximum atomic E-state index is 5.50. The summed E-state index contributed by atoms with van der Waals surface area (Å²) in [6.45, 7) is 12.9.